The summed E-state index contributed by atoms with van der Waals surface area (Å²) < 4.78 is 30.8. The van der Waals surface area contributed by atoms with Crippen LogP contribution in [0.4, 0.5) is 0 Å². The van der Waals surface area contributed by atoms with Crippen LogP contribution in [-0.2, 0) is 32.7 Å². The van der Waals surface area contributed by atoms with Crippen LogP contribution in [0.2, 0.25) is 0 Å². The molecule has 1 N–H and O–H groups in total. The molecule has 0 rings (SSSR count). The van der Waals surface area contributed by atoms with E-state index >= 15 is 0 Å². The monoisotopic (exact) mass is 354 g/mol. The number of phosphoric ester groups is 1. The van der Waals surface area contributed by atoms with Gasteiger partial charge in [0.05, 0.1) is 26.4 Å². The number of carbonyl (C=O) groups excluding carboxylic acids is 2. The van der Waals surface area contributed by atoms with Crippen LogP contribution in [0.5, 0.6) is 0 Å². The summed E-state index contributed by atoms with van der Waals surface area (Å²) >= 11 is 0. The van der Waals surface area contributed by atoms with Crippen LogP contribution in [-0.4, -0.2) is 43.3 Å². The van der Waals surface area contributed by atoms with E-state index in [1.165, 1.54) is 0 Å². The first kappa shape index (κ1) is 22.1. The zero-order valence-corrected chi connectivity index (χ0v) is 14.7. The highest BCUT2D eigenvalue weighted by molar-refractivity contribution is 7.47. The van der Waals surface area contributed by atoms with E-state index in [4.69, 9.17) is 18.5 Å². The number of hydrogen-bond donors (Lipinski definition) is 1. The fourth-order valence-corrected chi connectivity index (χ4v) is 2.18. The smallest absolute Gasteiger partial charge is 0.466 e. The summed E-state index contributed by atoms with van der Waals surface area (Å²) in [5.41, 5.74) is 0. The fourth-order valence-electron chi connectivity index (χ4n) is 1.38. The molecule has 0 aliphatic heterocycles. The third kappa shape index (κ3) is 14.4. The van der Waals surface area contributed by atoms with Crippen LogP contribution in [0.15, 0.2) is 0 Å². The number of rotatable bonds is 14. The predicted octanol–water partition coefficient (Wildman–Crippen LogP) is 2.59. The molecule has 9 heteroatoms. The largest absolute Gasteiger partial charge is 0.472 e. The maximum atomic E-state index is 11.5. The highest BCUT2D eigenvalue weighted by atomic mass is 31.2. The molecule has 0 saturated carbocycles. The number of ether oxygens (including phenoxy) is 2. The van der Waals surface area contributed by atoms with Gasteiger partial charge in [0.2, 0.25) is 0 Å². The topological polar surface area (TPSA) is 108 Å². The molecule has 0 aromatic carbocycles. The lowest BCUT2D eigenvalue weighted by atomic mass is 10.3. The minimum Gasteiger partial charge on any atom is -0.466 e. The van der Waals surface area contributed by atoms with Crippen molar-refractivity contribution >= 4 is 19.8 Å². The summed E-state index contributed by atoms with van der Waals surface area (Å²) in [6.07, 6.45) is 2.72. The predicted molar refractivity (Wildman–Crippen MR) is 82.7 cm³/mol. The third-order valence-corrected chi connectivity index (χ3v) is 3.71. The van der Waals surface area contributed by atoms with Crippen molar-refractivity contribution in [1.82, 2.24) is 0 Å². The van der Waals surface area contributed by atoms with E-state index in [9.17, 15) is 19.0 Å². The van der Waals surface area contributed by atoms with Crippen LogP contribution >= 0.6 is 7.82 Å². The molecule has 0 aromatic heterocycles. The van der Waals surface area contributed by atoms with E-state index in [0.717, 1.165) is 0 Å². The van der Waals surface area contributed by atoms with Gasteiger partial charge in [0, 0.05) is 12.8 Å². The van der Waals surface area contributed by atoms with Crippen molar-refractivity contribution in [3.63, 3.8) is 0 Å². The third-order valence-electron chi connectivity index (χ3n) is 2.69. The Morgan fingerprint density at radius 1 is 0.783 bits per heavy atom. The lowest BCUT2D eigenvalue weighted by molar-refractivity contribution is -0.144. The van der Waals surface area contributed by atoms with Crippen molar-refractivity contribution in [2.45, 2.75) is 52.4 Å². The maximum absolute atomic E-state index is 11.5. The van der Waals surface area contributed by atoms with Gasteiger partial charge in [0.25, 0.3) is 0 Å². The molecule has 0 amide bonds. The van der Waals surface area contributed by atoms with Gasteiger partial charge in [-0.2, -0.15) is 0 Å². The van der Waals surface area contributed by atoms with Gasteiger partial charge in [-0.3, -0.25) is 18.6 Å². The van der Waals surface area contributed by atoms with Crippen LogP contribution in [0.3, 0.4) is 0 Å². The second-order valence-electron chi connectivity index (χ2n) is 4.70. The highest BCUT2D eigenvalue weighted by Gasteiger charge is 2.20. The molecule has 0 radical (unpaired) electrons. The van der Waals surface area contributed by atoms with Gasteiger partial charge in [-0.1, -0.05) is 13.8 Å². The van der Waals surface area contributed by atoms with Gasteiger partial charge in [-0.05, 0) is 25.7 Å². The molecule has 8 nitrogen and oxygen atoms in total. The van der Waals surface area contributed by atoms with Crippen LogP contribution in [0.25, 0.3) is 0 Å². The van der Waals surface area contributed by atoms with E-state index in [-0.39, 0.29) is 38.4 Å². The molecule has 0 aromatic rings. The van der Waals surface area contributed by atoms with E-state index in [2.05, 4.69) is 0 Å². The van der Waals surface area contributed by atoms with Gasteiger partial charge in [-0.25, -0.2) is 4.57 Å². The lowest BCUT2D eigenvalue weighted by Gasteiger charge is -2.12. The molecule has 0 heterocycles. The lowest BCUT2D eigenvalue weighted by Crippen LogP contribution is -2.06. The Labute approximate surface area is 137 Å². The Hall–Kier alpha value is -0.950. The average Bonchev–Trinajstić information content (AvgIpc) is 2.53. The van der Waals surface area contributed by atoms with Crippen molar-refractivity contribution in [3.8, 4) is 0 Å². The van der Waals surface area contributed by atoms with Gasteiger partial charge in [0.15, 0.2) is 0 Å². The molecule has 0 fully saturated rings. The van der Waals surface area contributed by atoms with E-state index in [1.807, 2.05) is 0 Å². The molecular weight excluding hydrogens is 327 g/mol. The average molecular weight is 354 g/mol. The molecule has 0 aliphatic carbocycles. The SMILES string of the molecule is CCC(=O)OCCCCOP(=O)(O)OCCCCOC(=O)CC. The highest BCUT2D eigenvalue weighted by Crippen LogP contribution is 2.43. The second kappa shape index (κ2) is 13.5. The van der Waals surface area contributed by atoms with Gasteiger partial charge < -0.3 is 14.4 Å². The zero-order valence-electron chi connectivity index (χ0n) is 13.8. The van der Waals surface area contributed by atoms with Gasteiger partial charge >= 0.3 is 19.8 Å². The number of carbonyl (C=O) groups is 2. The minimum absolute atomic E-state index is 0.0472. The maximum Gasteiger partial charge on any atom is 0.472 e. The molecule has 0 atom stereocenters. The number of phosphoric acid groups is 1. The summed E-state index contributed by atoms with van der Waals surface area (Å²) in [5, 5.41) is 0. The molecule has 0 unspecified atom stereocenters. The zero-order chi connectivity index (χ0) is 17.6. The molecule has 0 aliphatic rings. The molecule has 136 valence electrons. The molecular formula is C14H27O8P. The molecule has 0 spiro atoms. The first-order valence-electron chi connectivity index (χ1n) is 7.84. The van der Waals surface area contributed by atoms with Crippen LogP contribution in [0, 0.1) is 0 Å². The van der Waals surface area contributed by atoms with Crippen molar-refractivity contribution in [3.05, 3.63) is 0 Å². The Kier molecular flexibility index (Phi) is 12.9. The van der Waals surface area contributed by atoms with E-state index < -0.39 is 7.82 Å². The fraction of sp³-hybridized carbons (Fsp3) is 0.857. The Morgan fingerprint density at radius 3 is 1.48 bits per heavy atom. The first-order valence-corrected chi connectivity index (χ1v) is 9.34. The van der Waals surface area contributed by atoms with E-state index in [0.29, 0.717) is 38.5 Å². The summed E-state index contributed by atoms with van der Waals surface area (Å²) in [4.78, 5) is 31.2. The van der Waals surface area contributed by atoms with Crippen molar-refractivity contribution in [2.24, 2.45) is 0 Å². The van der Waals surface area contributed by atoms with Crippen molar-refractivity contribution in [2.75, 3.05) is 26.4 Å². The summed E-state index contributed by atoms with van der Waals surface area (Å²) in [7, 11) is -4.06. The summed E-state index contributed by atoms with van der Waals surface area (Å²) in [6, 6.07) is 0. The quantitative estimate of drug-likeness (QED) is 0.288. The summed E-state index contributed by atoms with van der Waals surface area (Å²) in [5.74, 6) is -0.543. The Balaban J connectivity index is 3.52. The van der Waals surface area contributed by atoms with Gasteiger partial charge in [0.1, 0.15) is 0 Å². The van der Waals surface area contributed by atoms with Gasteiger partial charge in [-0.15, -0.1) is 0 Å². The number of esters is 2. The molecule has 23 heavy (non-hydrogen) atoms. The number of hydrogen-bond acceptors (Lipinski definition) is 7. The Morgan fingerprint density at radius 2 is 1.13 bits per heavy atom. The molecule has 0 bridgehead atoms. The van der Waals surface area contributed by atoms with Crippen LogP contribution < -0.4 is 0 Å². The van der Waals surface area contributed by atoms with Crippen molar-refractivity contribution < 1.29 is 37.6 Å². The van der Waals surface area contributed by atoms with Crippen molar-refractivity contribution in [1.29, 1.82) is 0 Å². The first-order chi connectivity index (χ1) is 10.9. The summed E-state index contributed by atoms with van der Waals surface area (Å²) in [6.45, 7) is 4.04. The normalized spacial score (nSPS) is 11.3. The number of unbranched alkanes of at least 4 members (excludes halogenated alkanes) is 2. The van der Waals surface area contributed by atoms with Crippen LogP contribution in [0.1, 0.15) is 52.4 Å². The Bertz CT molecular complexity index is 353. The minimum atomic E-state index is -4.06. The molecule has 0 saturated heterocycles. The standard InChI is InChI=1S/C14H27O8P/c1-3-13(15)19-9-5-7-11-21-23(17,18)22-12-8-6-10-20-14(16)4-2/h3-12H2,1-2H3,(H,17,18). The van der Waals surface area contributed by atoms with E-state index in [1.54, 1.807) is 13.8 Å². The second-order valence-corrected chi connectivity index (χ2v) is 6.15.